The summed E-state index contributed by atoms with van der Waals surface area (Å²) in [5, 5.41) is 3.89. The van der Waals surface area contributed by atoms with Crippen molar-refractivity contribution < 1.29 is 0 Å². The van der Waals surface area contributed by atoms with Crippen LogP contribution < -0.4 is 5.32 Å². The van der Waals surface area contributed by atoms with Gasteiger partial charge in [-0.1, -0.05) is 33.1 Å². The summed E-state index contributed by atoms with van der Waals surface area (Å²) in [6, 6.07) is 1.25. The third-order valence-electron chi connectivity index (χ3n) is 5.24. The predicted octanol–water partition coefficient (Wildman–Crippen LogP) is 3.18. The number of terminal acetylenes is 1. The van der Waals surface area contributed by atoms with Gasteiger partial charge in [0.2, 0.25) is 0 Å². The van der Waals surface area contributed by atoms with Crippen LogP contribution in [0.4, 0.5) is 0 Å². The molecule has 0 aromatic heterocycles. The van der Waals surface area contributed by atoms with E-state index in [9.17, 15) is 0 Å². The second-order valence-electron chi connectivity index (χ2n) is 6.43. The fraction of sp³-hybridized carbons (Fsp3) is 0.882. The first-order valence-electron chi connectivity index (χ1n) is 8.19. The average molecular weight is 262 g/mol. The minimum atomic E-state index is 0.395. The van der Waals surface area contributed by atoms with E-state index >= 15 is 0 Å². The molecule has 2 rings (SSSR count). The van der Waals surface area contributed by atoms with Crippen LogP contribution in [0.1, 0.15) is 65.2 Å². The number of rotatable bonds is 4. The molecule has 0 bridgehead atoms. The molecule has 19 heavy (non-hydrogen) atoms. The standard InChI is InChI=1S/C17H30N2/c1-4-10-15(5-2)19-14-17(11-8-7-9-12-17)18-13-16(19)6-3/h1,15-16,18H,5-14H2,2-3H3. The van der Waals surface area contributed by atoms with E-state index in [2.05, 4.69) is 30.0 Å². The third kappa shape index (κ3) is 3.33. The van der Waals surface area contributed by atoms with E-state index in [-0.39, 0.29) is 0 Å². The van der Waals surface area contributed by atoms with Gasteiger partial charge in [0, 0.05) is 37.1 Å². The maximum absolute atomic E-state index is 5.58. The maximum atomic E-state index is 5.58. The molecule has 0 amide bonds. The average Bonchev–Trinajstić information content (AvgIpc) is 2.45. The van der Waals surface area contributed by atoms with Crippen LogP contribution in [0.2, 0.25) is 0 Å². The maximum Gasteiger partial charge on any atom is 0.0309 e. The normalized spacial score (nSPS) is 29.0. The Labute approximate surface area is 119 Å². The zero-order valence-corrected chi connectivity index (χ0v) is 12.8. The van der Waals surface area contributed by atoms with Crippen molar-refractivity contribution in [3.05, 3.63) is 0 Å². The summed E-state index contributed by atoms with van der Waals surface area (Å²) in [5.74, 6) is 2.89. The van der Waals surface area contributed by atoms with Gasteiger partial charge in [0.15, 0.2) is 0 Å². The first kappa shape index (κ1) is 14.9. The smallest absolute Gasteiger partial charge is 0.0309 e. The van der Waals surface area contributed by atoms with Crippen LogP contribution >= 0.6 is 0 Å². The molecule has 0 aromatic carbocycles. The molecule has 1 aliphatic heterocycles. The van der Waals surface area contributed by atoms with Crippen LogP contribution in [0.5, 0.6) is 0 Å². The number of hydrogen-bond donors (Lipinski definition) is 1. The molecular weight excluding hydrogens is 232 g/mol. The fourth-order valence-electron chi connectivity index (χ4n) is 3.99. The zero-order valence-electron chi connectivity index (χ0n) is 12.8. The van der Waals surface area contributed by atoms with Crippen LogP contribution in [0.15, 0.2) is 0 Å². The fourth-order valence-corrected chi connectivity index (χ4v) is 3.99. The van der Waals surface area contributed by atoms with Gasteiger partial charge in [0.05, 0.1) is 0 Å². The van der Waals surface area contributed by atoms with Crippen LogP contribution in [0, 0.1) is 12.3 Å². The summed E-state index contributed by atoms with van der Waals surface area (Å²) >= 11 is 0. The summed E-state index contributed by atoms with van der Waals surface area (Å²) in [5.41, 5.74) is 0.395. The Morgan fingerprint density at radius 2 is 2.05 bits per heavy atom. The van der Waals surface area contributed by atoms with Gasteiger partial charge in [-0.2, -0.15) is 0 Å². The van der Waals surface area contributed by atoms with Crippen molar-refractivity contribution in [2.24, 2.45) is 0 Å². The molecule has 2 heteroatoms. The van der Waals surface area contributed by atoms with Crippen molar-refractivity contribution in [2.45, 2.75) is 82.8 Å². The summed E-state index contributed by atoms with van der Waals surface area (Å²) in [6.45, 7) is 6.95. The van der Waals surface area contributed by atoms with Gasteiger partial charge in [0.25, 0.3) is 0 Å². The highest BCUT2D eigenvalue weighted by molar-refractivity contribution is 5.02. The molecule has 2 atom stereocenters. The minimum Gasteiger partial charge on any atom is -0.308 e. The summed E-state index contributed by atoms with van der Waals surface area (Å²) in [4.78, 5) is 2.74. The van der Waals surface area contributed by atoms with Crippen LogP contribution in [-0.2, 0) is 0 Å². The Morgan fingerprint density at radius 1 is 1.32 bits per heavy atom. The molecule has 1 spiro atoms. The molecule has 1 aliphatic carbocycles. The van der Waals surface area contributed by atoms with E-state index in [0.717, 1.165) is 13.0 Å². The lowest BCUT2D eigenvalue weighted by molar-refractivity contribution is 0.0224. The summed E-state index contributed by atoms with van der Waals surface area (Å²) in [6.07, 6.45) is 15.8. The lowest BCUT2D eigenvalue weighted by Crippen LogP contribution is -2.66. The van der Waals surface area contributed by atoms with E-state index in [1.807, 2.05) is 0 Å². The molecule has 1 saturated heterocycles. The van der Waals surface area contributed by atoms with Gasteiger partial charge in [0.1, 0.15) is 0 Å². The first-order chi connectivity index (χ1) is 9.24. The zero-order chi connectivity index (χ0) is 13.7. The summed E-state index contributed by atoms with van der Waals surface area (Å²) < 4.78 is 0. The SMILES string of the molecule is C#CCC(CC)N1CC2(CCCCC2)NCC1CC. The highest BCUT2D eigenvalue weighted by Crippen LogP contribution is 2.33. The third-order valence-corrected chi connectivity index (χ3v) is 5.24. The van der Waals surface area contributed by atoms with E-state index in [4.69, 9.17) is 6.42 Å². The number of nitrogens with one attached hydrogen (secondary N) is 1. The van der Waals surface area contributed by atoms with Crippen molar-refractivity contribution in [3.63, 3.8) is 0 Å². The van der Waals surface area contributed by atoms with Crippen molar-refractivity contribution >= 4 is 0 Å². The predicted molar refractivity (Wildman–Crippen MR) is 82.1 cm³/mol. The number of piperazine rings is 1. The van der Waals surface area contributed by atoms with E-state index in [1.54, 1.807) is 0 Å². The second kappa shape index (κ2) is 6.77. The molecule has 1 saturated carbocycles. The molecule has 0 radical (unpaired) electrons. The Bertz CT molecular complexity index is 312. The quantitative estimate of drug-likeness (QED) is 0.783. The Morgan fingerprint density at radius 3 is 2.63 bits per heavy atom. The molecule has 1 heterocycles. The lowest BCUT2D eigenvalue weighted by atomic mass is 9.78. The molecule has 2 unspecified atom stereocenters. The summed E-state index contributed by atoms with van der Waals surface area (Å²) in [7, 11) is 0. The molecule has 108 valence electrons. The first-order valence-corrected chi connectivity index (χ1v) is 8.19. The van der Waals surface area contributed by atoms with Crippen LogP contribution in [0.3, 0.4) is 0 Å². The molecule has 1 N–H and O–H groups in total. The van der Waals surface area contributed by atoms with Gasteiger partial charge in [-0.15, -0.1) is 12.3 Å². The highest BCUT2D eigenvalue weighted by atomic mass is 15.3. The Hall–Kier alpha value is -0.520. The van der Waals surface area contributed by atoms with E-state index < -0.39 is 0 Å². The second-order valence-corrected chi connectivity index (χ2v) is 6.43. The van der Waals surface area contributed by atoms with Crippen LogP contribution in [0.25, 0.3) is 0 Å². The molecule has 0 aromatic rings. The van der Waals surface area contributed by atoms with E-state index in [1.165, 1.54) is 51.5 Å². The van der Waals surface area contributed by atoms with Gasteiger partial charge in [-0.3, -0.25) is 4.90 Å². The van der Waals surface area contributed by atoms with E-state index in [0.29, 0.717) is 17.6 Å². The molecule has 2 fully saturated rings. The Balaban J connectivity index is 2.09. The van der Waals surface area contributed by atoms with Crippen LogP contribution in [-0.4, -0.2) is 35.6 Å². The number of nitrogens with zero attached hydrogens (tertiary/aromatic N) is 1. The molecule has 2 aliphatic rings. The van der Waals surface area contributed by atoms with Gasteiger partial charge in [-0.25, -0.2) is 0 Å². The van der Waals surface area contributed by atoms with Crippen molar-refractivity contribution in [3.8, 4) is 12.3 Å². The van der Waals surface area contributed by atoms with Gasteiger partial charge in [-0.05, 0) is 25.7 Å². The largest absolute Gasteiger partial charge is 0.308 e. The van der Waals surface area contributed by atoms with Crippen molar-refractivity contribution in [1.82, 2.24) is 10.2 Å². The number of hydrogen-bond acceptors (Lipinski definition) is 2. The van der Waals surface area contributed by atoms with Crippen molar-refractivity contribution in [1.29, 1.82) is 0 Å². The lowest BCUT2D eigenvalue weighted by Gasteiger charge is -2.52. The Kier molecular flexibility index (Phi) is 5.30. The minimum absolute atomic E-state index is 0.395. The van der Waals surface area contributed by atoms with Gasteiger partial charge < -0.3 is 5.32 Å². The molecule has 2 nitrogen and oxygen atoms in total. The topological polar surface area (TPSA) is 15.3 Å². The van der Waals surface area contributed by atoms with Gasteiger partial charge >= 0.3 is 0 Å². The molecular formula is C17H30N2. The monoisotopic (exact) mass is 262 g/mol. The van der Waals surface area contributed by atoms with Crippen molar-refractivity contribution in [2.75, 3.05) is 13.1 Å². The highest BCUT2D eigenvalue weighted by Gasteiger charge is 2.40.